The lowest BCUT2D eigenvalue weighted by atomic mass is 9.74. The normalized spacial score (nSPS) is 24.7. The lowest BCUT2D eigenvalue weighted by Gasteiger charge is -2.56. The predicted molar refractivity (Wildman–Crippen MR) is 109 cm³/mol. The van der Waals surface area contributed by atoms with E-state index in [1.807, 2.05) is 49.1 Å². The molecule has 0 bridgehead atoms. The van der Waals surface area contributed by atoms with E-state index in [0.717, 1.165) is 18.4 Å². The molecule has 3 rings (SSSR count). The van der Waals surface area contributed by atoms with Crippen molar-refractivity contribution in [2.45, 2.75) is 70.0 Å². The van der Waals surface area contributed by atoms with Gasteiger partial charge < -0.3 is 20.2 Å². The summed E-state index contributed by atoms with van der Waals surface area (Å²) in [4.78, 5) is 29.0. The maximum atomic E-state index is 12.8. The number of carbonyl (C=O) groups is 2. The highest BCUT2D eigenvalue weighted by Crippen LogP contribution is 2.41. The largest absolute Gasteiger partial charge is 0.394 e. The molecule has 1 aliphatic heterocycles. The van der Waals surface area contributed by atoms with Gasteiger partial charge in [-0.05, 0) is 25.3 Å². The molecule has 0 radical (unpaired) electrons. The van der Waals surface area contributed by atoms with Crippen molar-refractivity contribution < 1.29 is 14.7 Å². The van der Waals surface area contributed by atoms with Gasteiger partial charge in [-0.25, -0.2) is 4.79 Å². The molecule has 2 aliphatic rings. The van der Waals surface area contributed by atoms with E-state index in [1.165, 1.54) is 12.8 Å². The summed E-state index contributed by atoms with van der Waals surface area (Å²) in [5.41, 5.74) is 1.11. The number of carbonyl (C=O) groups excluding carboxylic acids is 2. The number of hydrogen-bond donors (Lipinski definition) is 2. The second-order valence-corrected chi connectivity index (χ2v) is 7.88. The Morgan fingerprint density at radius 1 is 1.14 bits per heavy atom. The van der Waals surface area contributed by atoms with Crippen molar-refractivity contribution in [3.05, 3.63) is 35.9 Å². The van der Waals surface area contributed by atoms with Crippen LogP contribution in [-0.4, -0.2) is 64.7 Å². The molecule has 1 saturated carbocycles. The minimum atomic E-state index is -0.226. The number of nitrogens with one attached hydrogen (secondary N) is 1. The zero-order valence-electron chi connectivity index (χ0n) is 17.0. The van der Waals surface area contributed by atoms with E-state index in [4.69, 9.17) is 0 Å². The maximum absolute atomic E-state index is 12.8. The van der Waals surface area contributed by atoms with Crippen molar-refractivity contribution in [3.8, 4) is 0 Å². The molecule has 2 fully saturated rings. The van der Waals surface area contributed by atoms with Crippen LogP contribution in [0.3, 0.4) is 0 Å². The van der Waals surface area contributed by atoms with Gasteiger partial charge in [0.2, 0.25) is 5.91 Å². The monoisotopic (exact) mass is 387 g/mol. The molecule has 1 aromatic rings. The molecule has 0 unspecified atom stereocenters. The highest BCUT2D eigenvalue weighted by Gasteiger charge is 2.51. The Morgan fingerprint density at radius 2 is 1.82 bits per heavy atom. The van der Waals surface area contributed by atoms with Crippen molar-refractivity contribution in [2.75, 3.05) is 19.7 Å². The molecule has 3 atom stereocenters. The second-order valence-electron chi connectivity index (χ2n) is 7.88. The van der Waals surface area contributed by atoms with E-state index in [2.05, 4.69) is 5.32 Å². The van der Waals surface area contributed by atoms with Gasteiger partial charge in [-0.2, -0.15) is 0 Å². The number of benzene rings is 1. The summed E-state index contributed by atoms with van der Waals surface area (Å²) in [7, 11) is 0. The first-order valence-corrected chi connectivity index (χ1v) is 10.6. The molecule has 6 heteroatoms. The number of aliphatic hydroxyl groups is 1. The first-order valence-electron chi connectivity index (χ1n) is 10.6. The summed E-state index contributed by atoms with van der Waals surface area (Å²) in [6, 6.07) is 9.91. The van der Waals surface area contributed by atoms with Gasteiger partial charge in [0.1, 0.15) is 0 Å². The molecular weight excluding hydrogens is 354 g/mol. The van der Waals surface area contributed by atoms with Crippen LogP contribution >= 0.6 is 0 Å². The number of amides is 3. The minimum absolute atomic E-state index is 0.0310. The lowest BCUT2D eigenvalue weighted by Crippen LogP contribution is -2.69. The minimum Gasteiger partial charge on any atom is -0.394 e. The fourth-order valence-electron chi connectivity index (χ4n) is 4.74. The molecular formula is C22H33N3O3. The SMILES string of the molecule is CCC(=O)N1[C@H](CO)[C@@H](c2ccccc2)[C@@H]1CN(CC)C(=O)NC1CCCC1. The quantitative estimate of drug-likeness (QED) is 0.756. The number of hydrogen-bond acceptors (Lipinski definition) is 3. The van der Waals surface area contributed by atoms with Crippen LogP contribution in [0.15, 0.2) is 30.3 Å². The number of likely N-dealkylation sites (tertiary alicyclic amines) is 1. The zero-order chi connectivity index (χ0) is 20.1. The van der Waals surface area contributed by atoms with E-state index in [9.17, 15) is 14.7 Å². The molecule has 28 heavy (non-hydrogen) atoms. The first kappa shape index (κ1) is 20.6. The van der Waals surface area contributed by atoms with Crippen LogP contribution < -0.4 is 5.32 Å². The number of nitrogens with zero attached hydrogens (tertiary/aromatic N) is 2. The van der Waals surface area contributed by atoms with Gasteiger partial charge in [0.15, 0.2) is 0 Å². The summed E-state index contributed by atoms with van der Waals surface area (Å²) in [6.07, 6.45) is 4.84. The van der Waals surface area contributed by atoms with Crippen molar-refractivity contribution >= 4 is 11.9 Å². The molecule has 1 saturated heterocycles. The summed E-state index contributed by atoms with van der Waals surface area (Å²) >= 11 is 0. The van der Waals surface area contributed by atoms with Crippen molar-refractivity contribution in [2.24, 2.45) is 0 Å². The average Bonchev–Trinajstić information content (AvgIpc) is 3.21. The first-order chi connectivity index (χ1) is 13.6. The number of likely N-dealkylation sites (N-methyl/N-ethyl adjacent to an activating group) is 1. The van der Waals surface area contributed by atoms with Crippen LogP contribution in [0.4, 0.5) is 4.79 Å². The van der Waals surface area contributed by atoms with Gasteiger partial charge in [0.05, 0.1) is 18.7 Å². The Balaban J connectivity index is 1.77. The standard InChI is InChI=1S/C22H33N3O3/c1-3-20(27)25-18(21(19(25)15-26)16-10-6-5-7-11-16)14-24(4-2)22(28)23-17-12-8-9-13-17/h5-7,10-11,17-19,21,26H,3-4,8-9,12-15H2,1-2H3,(H,23,28)/t18-,19+,21-/m0/s1. The van der Waals surface area contributed by atoms with Crippen molar-refractivity contribution in [3.63, 3.8) is 0 Å². The third-order valence-electron chi connectivity index (χ3n) is 6.26. The van der Waals surface area contributed by atoms with Crippen molar-refractivity contribution in [1.82, 2.24) is 15.1 Å². The van der Waals surface area contributed by atoms with Crippen LogP contribution in [0, 0.1) is 0 Å². The summed E-state index contributed by atoms with van der Waals surface area (Å²) < 4.78 is 0. The van der Waals surface area contributed by atoms with E-state index in [0.29, 0.717) is 19.5 Å². The van der Waals surface area contributed by atoms with Crippen LogP contribution in [0.1, 0.15) is 57.4 Å². The molecule has 1 aromatic carbocycles. The highest BCUT2D eigenvalue weighted by molar-refractivity contribution is 5.79. The van der Waals surface area contributed by atoms with Gasteiger partial charge in [-0.15, -0.1) is 0 Å². The summed E-state index contributed by atoms with van der Waals surface area (Å²) in [5.74, 6) is 0.0681. The topological polar surface area (TPSA) is 72.9 Å². The van der Waals surface area contributed by atoms with E-state index in [-0.39, 0.29) is 42.6 Å². The Hall–Kier alpha value is -2.08. The van der Waals surface area contributed by atoms with Gasteiger partial charge in [-0.3, -0.25) is 4.79 Å². The molecule has 6 nitrogen and oxygen atoms in total. The third-order valence-corrected chi connectivity index (χ3v) is 6.26. The van der Waals surface area contributed by atoms with E-state index >= 15 is 0 Å². The summed E-state index contributed by atoms with van der Waals surface area (Å²) in [5, 5.41) is 13.1. The number of aliphatic hydroxyl groups excluding tert-OH is 1. The number of rotatable bonds is 7. The van der Waals surface area contributed by atoms with Gasteiger partial charge in [-0.1, -0.05) is 50.1 Å². The number of urea groups is 1. The van der Waals surface area contributed by atoms with E-state index in [1.54, 1.807) is 4.90 Å². The lowest BCUT2D eigenvalue weighted by molar-refractivity contribution is -0.151. The molecule has 3 amide bonds. The van der Waals surface area contributed by atoms with E-state index < -0.39 is 0 Å². The fourth-order valence-corrected chi connectivity index (χ4v) is 4.74. The second kappa shape index (κ2) is 9.41. The van der Waals surface area contributed by atoms with Crippen molar-refractivity contribution in [1.29, 1.82) is 0 Å². The Kier molecular flexibility index (Phi) is 6.94. The van der Waals surface area contributed by atoms with Crippen LogP contribution in [-0.2, 0) is 4.79 Å². The Bertz CT molecular complexity index is 660. The molecule has 0 spiro atoms. The van der Waals surface area contributed by atoms with Crippen LogP contribution in [0.25, 0.3) is 0 Å². The third kappa shape index (κ3) is 4.17. The van der Waals surface area contributed by atoms with Gasteiger partial charge in [0, 0.05) is 31.5 Å². The highest BCUT2D eigenvalue weighted by atomic mass is 16.3. The predicted octanol–water partition coefficient (Wildman–Crippen LogP) is 2.73. The average molecular weight is 388 g/mol. The zero-order valence-corrected chi connectivity index (χ0v) is 17.0. The maximum Gasteiger partial charge on any atom is 0.317 e. The van der Waals surface area contributed by atoms with Crippen LogP contribution in [0.2, 0.25) is 0 Å². The molecule has 2 N–H and O–H groups in total. The smallest absolute Gasteiger partial charge is 0.317 e. The molecule has 1 heterocycles. The van der Waals surface area contributed by atoms with Gasteiger partial charge >= 0.3 is 6.03 Å². The Morgan fingerprint density at radius 3 is 2.39 bits per heavy atom. The molecule has 154 valence electrons. The van der Waals surface area contributed by atoms with Gasteiger partial charge in [0.25, 0.3) is 0 Å². The molecule has 1 aliphatic carbocycles. The summed E-state index contributed by atoms with van der Waals surface area (Å²) in [6.45, 7) is 4.82. The Labute approximate surface area is 167 Å². The molecule has 0 aromatic heterocycles. The van der Waals surface area contributed by atoms with Crippen LogP contribution in [0.5, 0.6) is 0 Å². The fraction of sp³-hybridized carbons (Fsp3) is 0.636.